The van der Waals surface area contributed by atoms with Gasteiger partial charge in [0.1, 0.15) is 5.82 Å². The Hall–Kier alpha value is -0.700. The van der Waals surface area contributed by atoms with Gasteiger partial charge in [-0.2, -0.15) is 0 Å². The van der Waals surface area contributed by atoms with Gasteiger partial charge in [-0.3, -0.25) is 4.79 Å². The van der Waals surface area contributed by atoms with Crippen LogP contribution in [0.4, 0.5) is 4.39 Å². The van der Waals surface area contributed by atoms with Crippen LogP contribution in [0.15, 0.2) is 16.6 Å². The smallest absolute Gasteiger partial charge is 0.162 e. The fourth-order valence-electron chi connectivity index (χ4n) is 0.927. The zero-order chi connectivity index (χ0) is 9.30. The van der Waals surface area contributed by atoms with E-state index >= 15 is 0 Å². The zero-order valence-corrected chi connectivity index (χ0v) is 8.40. The van der Waals surface area contributed by atoms with Crippen LogP contribution in [0.1, 0.15) is 22.8 Å². The number of aryl methyl sites for hydroxylation is 1. The van der Waals surface area contributed by atoms with Gasteiger partial charge in [0, 0.05) is 4.47 Å². The maximum atomic E-state index is 13.0. The highest BCUT2D eigenvalue weighted by Crippen LogP contribution is 2.20. The van der Waals surface area contributed by atoms with Gasteiger partial charge in [0.2, 0.25) is 0 Å². The molecule has 0 N–H and O–H groups in total. The zero-order valence-electron chi connectivity index (χ0n) is 6.82. The Bertz CT molecular complexity index is 334. The summed E-state index contributed by atoms with van der Waals surface area (Å²) in [4.78, 5) is 10.9. The summed E-state index contributed by atoms with van der Waals surface area (Å²) < 4.78 is 13.7. The van der Waals surface area contributed by atoms with E-state index in [0.717, 1.165) is 5.56 Å². The quantitative estimate of drug-likeness (QED) is 0.678. The number of benzene rings is 1. The Morgan fingerprint density at radius 3 is 2.58 bits per heavy atom. The average Bonchev–Trinajstić information content (AvgIpc) is 1.96. The lowest BCUT2D eigenvalue weighted by Gasteiger charge is -2.02. The molecule has 0 atom stereocenters. The van der Waals surface area contributed by atoms with Crippen LogP contribution in [-0.4, -0.2) is 5.78 Å². The number of rotatable bonds is 1. The van der Waals surface area contributed by atoms with Crippen molar-refractivity contribution in [2.45, 2.75) is 13.8 Å². The summed E-state index contributed by atoms with van der Waals surface area (Å²) in [6.45, 7) is 3.17. The first-order valence-electron chi connectivity index (χ1n) is 3.49. The maximum absolute atomic E-state index is 13.0. The van der Waals surface area contributed by atoms with Crippen molar-refractivity contribution >= 4 is 21.7 Å². The van der Waals surface area contributed by atoms with Crippen molar-refractivity contribution < 1.29 is 9.18 Å². The second kappa shape index (κ2) is 3.35. The van der Waals surface area contributed by atoms with Crippen LogP contribution in [0.2, 0.25) is 0 Å². The normalized spacial score (nSPS) is 10.0. The Morgan fingerprint density at radius 1 is 1.50 bits per heavy atom. The molecule has 1 nitrogen and oxygen atoms in total. The van der Waals surface area contributed by atoms with Gasteiger partial charge in [0.05, 0.1) is 5.56 Å². The highest BCUT2D eigenvalue weighted by molar-refractivity contribution is 9.10. The molecule has 0 spiro atoms. The molecule has 0 fully saturated rings. The molecule has 3 heteroatoms. The summed E-state index contributed by atoms with van der Waals surface area (Å²) in [5.41, 5.74) is 1.01. The van der Waals surface area contributed by atoms with Gasteiger partial charge in [-0.1, -0.05) is 15.9 Å². The average molecular weight is 231 g/mol. The Labute approximate surface area is 78.7 Å². The third kappa shape index (κ3) is 1.72. The van der Waals surface area contributed by atoms with Gasteiger partial charge < -0.3 is 0 Å². The van der Waals surface area contributed by atoms with Gasteiger partial charge in [-0.15, -0.1) is 0 Å². The number of halogens is 2. The van der Waals surface area contributed by atoms with E-state index in [-0.39, 0.29) is 11.3 Å². The summed E-state index contributed by atoms with van der Waals surface area (Å²) in [5.74, 6) is -0.719. The monoisotopic (exact) mass is 230 g/mol. The Morgan fingerprint density at radius 2 is 2.08 bits per heavy atom. The molecular weight excluding hydrogens is 223 g/mol. The molecule has 0 unspecified atom stereocenters. The fraction of sp³-hybridized carbons (Fsp3) is 0.222. The Balaban J connectivity index is 3.33. The number of hydrogen-bond acceptors (Lipinski definition) is 1. The molecule has 0 saturated heterocycles. The minimum absolute atomic E-state index is 0.149. The molecule has 0 bridgehead atoms. The van der Waals surface area contributed by atoms with Crippen LogP contribution < -0.4 is 0 Å². The SMILES string of the molecule is CC(=O)c1cc(C)c(Br)cc1F. The van der Waals surface area contributed by atoms with E-state index in [2.05, 4.69) is 15.9 Å². The molecule has 1 aromatic rings. The number of carbonyl (C=O) groups is 1. The highest BCUT2D eigenvalue weighted by atomic mass is 79.9. The first-order chi connectivity index (χ1) is 5.52. The number of Topliss-reactive ketones (excluding diaryl/α,β-unsaturated/α-hetero) is 1. The fourth-order valence-corrected chi connectivity index (χ4v) is 1.24. The molecule has 0 aromatic heterocycles. The van der Waals surface area contributed by atoms with Crippen LogP contribution in [0.3, 0.4) is 0 Å². The largest absolute Gasteiger partial charge is 0.294 e. The van der Waals surface area contributed by atoms with E-state index in [4.69, 9.17) is 0 Å². The first kappa shape index (κ1) is 9.39. The molecule has 64 valence electrons. The molecule has 1 aromatic carbocycles. The molecule has 12 heavy (non-hydrogen) atoms. The molecule has 0 amide bonds. The van der Waals surface area contributed by atoms with Crippen LogP contribution in [-0.2, 0) is 0 Å². The standard InChI is InChI=1S/C9H8BrFO/c1-5-3-7(6(2)12)9(11)4-8(5)10/h3-4H,1-2H3. The minimum atomic E-state index is -0.472. The van der Waals surface area contributed by atoms with Crippen molar-refractivity contribution in [3.8, 4) is 0 Å². The Kier molecular flexibility index (Phi) is 2.62. The minimum Gasteiger partial charge on any atom is -0.294 e. The van der Waals surface area contributed by atoms with Gasteiger partial charge in [0.25, 0.3) is 0 Å². The van der Waals surface area contributed by atoms with Crippen LogP contribution in [0.25, 0.3) is 0 Å². The second-order valence-corrected chi connectivity index (χ2v) is 3.49. The molecule has 0 aliphatic heterocycles. The molecular formula is C9H8BrFO. The maximum Gasteiger partial charge on any atom is 0.162 e. The summed E-state index contributed by atoms with van der Waals surface area (Å²) in [6.07, 6.45) is 0. The van der Waals surface area contributed by atoms with Gasteiger partial charge in [0.15, 0.2) is 5.78 Å². The van der Waals surface area contributed by atoms with Crippen LogP contribution in [0.5, 0.6) is 0 Å². The lowest BCUT2D eigenvalue weighted by atomic mass is 10.1. The predicted molar refractivity (Wildman–Crippen MR) is 48.8 cm³/mol. The molecule has 0 saturated carbocycles. The first-order valence-corrected chi connectivity index (χ1v) is 4.28. The molecule has 0 aliphatic rings. The third-order valence-electron chi connectivity index (χ3n) is 1.63. The van der Waals surface area contributed by atoms with E-state index in [1.165, 1.54) is 13.0 Å². The van der Waals surface area contributed by atoms with E-state index in [9.17, 15) is 9.18 Å². The molecule has 0 aliphatic carbocycles. The van der Waals surface area contributed by atoms with Crippen molar-refractivity contribution in [1.82, 2.24) is 0 Å². The topological polar surface area (TPSA) is 17.1 Å². The van der Waals surface area contributed by atoms with Crippen LogP contribution >= 0.6 is 15.9 Å². The van der Waals surface area contributed by atoms with E-state index < -0.39 is 5.82 Å². The highest BCUT2D eigenvalue weighted by Gasteiger charge is 2.08. The lowest BCUT2D eigenvalue weighted by Crippen LogP contribution is -1.97. The number of hydrogen-bond donors (Lipinski definition) is 0. The van der Waals surface area contributed by atoms with Gasteiger partial charge in [-0.05, 0) is 31.5 Å². The summed E-state index contributed by atoms with van der Waals surface area (Å²) in [6, 6.07) is 2.85. The van der Waals surface area contributed by atoms with E-state index in [1.807, 2.05) is 6.92 Å². The molecule has 0 radical (unpaired) electrons. The van der Waals surface area contributed by atoms with Crippen molar-refractivity contribution in [2.75, 3.05) is 0 Å². The van der Waals surface area contributed by atoms with Crippen molar-refractivity contribution in [3.63, 3.8) is 0 Å². The van der Waals surface area contributed by atoms with E-state index in [0.29, 0.717) is 4.47 Å². The number of carbonyl (C=O) groups excluding carboxylic acids is 1. The van der Waals surface area contributed by atoms with Crippen molar-refractivity contribution in [1.29, 1.82) is 0 Å². The molecule has 0 heterocycles. The summed E-state index contributed by atoms with van der Waals surface area (Å²) in [5, 5.41) is 0. The summed E-state index contributed by atoms with van der Waals surface area (Å²) >= 11 is 3.18. The predicted octanol–water partition coefficient (Wildman–Crippen LogP) is 3.10. The van der Waals surface area contributed by atoms with Gasteiger partial charge >= 0.3 is 0 Å². The lowest BCUT2D eigenvalue weighted by molar-refractivity contribution is 0.101. The van der Waals surface area contributed by atoms with Crippen molar-refractivity contribution in [2.24, 2.45) is 0 Å². The van der Waals surface area contributed by atoms with Crippen LogP contribution in [0, 0.1) is 12.7 Å². The third-order valence-corrected chi connectivity index (χ3v) is 2.48. The molecule has 1 rings (SSSR count). The van der Waals surface area contributed by atoms with Crippen molar-refractivity contribution in [3.05, 3.63) is 33.5 Å². The number of ketones is 1. The van der Waals surface area contributed by atoms with Gasteiger partial charge in [-0.25, -0.2) is 4.39 Å². The summed E-state index contributed by atoms with van der Waals surface area (Å²) in [7, 11) is 0. The second-order valence-electron chi connectivity index (χ2n) is 2.64. The van der Waals surface area contributed by atoms with E-state index in [1.54, 1.807) is 6.07 Å².